The van der Waals surface area contributed by atoms with E-state index in [1.54, 1.807) is 0 Å². The molecule has 3 aromatic rings. The molecule has 0 fully saturated rings. The third-order valence-electron chi connectivity index (χ3n) is 2.84. The second-order valence-electron chi connectivity index (χ2n) is 4.14. The van der Waals surface area contributed by atoms with Crippen LogP contribution in [-0.4, -0.2) is 9.61 Å². The lowest BCUT2D eigenvalue weighted by Gasteiger charge is -2.07. The molecule has 2 aromatic heterocycles. The van der Waals surface area contributed by atoms with Gasteiger partial charge in [0, 0.05) is 10.0 Å². The molecule has 0 saturated carbocycles. The van der Waals surface area contributed by atoms with Crippen LogP contribution in [0.1, 0.15) is 5.69 Å². The van der Waals surface area contributed by atoms with Gasteiger partial charge in [-0.3, -0.25) is 0 Å². The predicted molar refractivity (Wildman–Crippen MR) is 80.8 cm³/mol. The van der Waals surface area contributed by atoms with E-state index in [0.717, 1.165) is 20.3 Å². The van der Waals surface area contributed by atoms with Gasteiger partial charge in [0.25, 0.3) is 0 Å². The van der Waals surface area contributed by atoms with Crippen molar-refractivity contribution in [2.75, 3.05) is 0 Å². The molecule has 1 aromatic carbocycles. The number of rotatable bonds is 1. The summed E-state index contributed by atoms with van der Waals surface area (Å²) in [4.78, 5) is 0. The van der Waals surface area contributed by atoms with Crippen LogP contribution in [-0.2, 0) is 0 Å². The normalized spacial score (nSPS) is 11.1. The first kappa shape index (κ1) is 11.9. The molecule has 3 rings (SSSR count). The Labute approximate surface area is 122 Å². The van der Waals surface area contributed by atoms with Crippen molar-refractivity contribution >= 4 is 37.4 Å². The Kier molecular flexibility index (Phi) is 2.99. The monoisotopic (exact) mass is 364 g/mol. The summed E-state index contributed by atoms with van der Waals surface area (Å²) in [6, 6.07) is 14.5. The molecule has 0 amide bonds. The second kappa shape index (κ2) is 4.52. The zero-order chi connectivity index (χ0) is 12.7. The first-order chi connectivity index (χ1) is 8.66. The molecule has 0 saturated heterocycles. The molecule has 0 radical (unpaired) electrons. The maximum absolute atomic E-state index is 4.52. The van der Waals surface area contributed by atoms with Gasteiger partial charge in [-0.05, 0) is 56.5 Å². The summed E-state index contributed by atoms with van der Waals surface area (Å²) in [6.07, 6.45) is 0. The highest BCUT2D eigenvalue weighted by Gasteiger charge is 2.12. The molecule has 90 valence electrons. The van der Waals surface area contributed by atoms with Crippen molar-refractivity contribution in [2.45, 2.75) is 6.92 Å². The van der Waals surface area contributed by atoms with E-state index < -0.39 is 0 Å². The molecule has 4 heteroatoms. The highest BCUT2D eigenvalue weighted by atomic mass is 79.9. The number of benzene rings is 1. The van der Waals surface area contributed by atoms with E-state index in [0.29, 0.717) is 0 Å². The van der Waals surface area contributed by atoms with E-state index in [1.807, 2.05) is 35.7 Å². The smallest absolute Gasteiger partial charge is 0.109 e. The highest BCUT2D eigenvalue weighted by molar-refractivity contribution is 9.11. The van der Waals surface area contributed by atoms with Crippen molar-refractivity contribution in [2.24, 2.45) is 0 Å². The molecular weight excluding hydrogens is 356 g/mol. The second-order valence-corrected chi connectivity index (χ2v) is 5.81. The summed E-state index contributed by atoms with van der Waals surface area (Å²) >= 11 is 7.13. The summed E-state index contributed by atoms with van der Waals surface area (Å²) in [6.45, 7) is 2.01. The summed E-state index contributed by atoms with van der Waals surface area (Å²) in [5.41, 5.74) is 4.45. The van der Waals surface area contributed by atoms with Crippen molar-refractivity contribution in [1.82, 2.24) is 9.61 Å². The van der Waals surface area contributed by atoms with Gasteiger partial charge in [-0.25, -0.2) is 4.52 Å². The van der Waals surface area contributed by atoms with Crippen LogP contribution in [0.2, 0.25) is 0 Å². The molecule has 0 aliphatic carbocycles. The van der Waals surface area contributed by atoms with Crippen LogP contribution in [0.25, 0.3) is 16.6 Å². The molecular formula is C14H10Br2N2. The van der Waals surface area contributed by atoms with Crippen LogP contribution >= 0.6 is 31.9 Å². The van der Waals surface area contributed by atoms with Gasteiger partial charge in [0.15, 0.2) is 0 Å². The fraction of sp³-hybridized carbons (Fsp3) is 0.0714. The molecule has 0 N–H and O–H groups in total. The van der Waals surface area contributed by atoms with Gasteiger partial charge in [0.05, 0.1) is 11.2 Å². The SMILES string of the molecule is Cc1cc(-c2ccccc2)c2c(Br)cc(Br)n2n1. The summed E-state index contributed by atoms with van der Waals surface area (Å²) < 4.78 is 3.91. The van der Waals surface area contributed by atoms with E-state index in [4.69, 9.17) is 0 Å². The van der Waals surface area contributed by atoms with Crippen LogP contribution in [0.5, 0.6) is 0 Å². The van der Waals surface area contributed by atoms with Crippen molar-refractivity contribution < 1.29 is 0 Å². The quantitative estimate of drug-likeness (QED) is 0.603. The van der Waals surface area contributed by atoms with E-state index in [2.05, 4.69) is 55.2 Å². The van der Waals surface area contributed by atoms with Crippen LogP contribution in [0.4, 0.5) is 0 Å². The number of aryl methyl sites for hydroxylation is 1. The Hall–Kier alpha value is -1.13. The Morgan fingerprint density at radius 1 is 1.06 bits per heavy atom. The predicted octanol–water partition coefficient (Wildman–Crippen LogP) is 4.83. The van der Waals surface area contributed by atoms with Crippen molar-refractivity contribution in [3.05, 3.63) is 57.2 Å². The number of halogens is 2. The van der Waals surface area contributed by atoms with Crippen molar-refractivity contribution in [3.63, 3.8) is 0 Å². The van der Waals surface area contributed by atoms with Gasteiger partial charge < -0.3 is 0 Å². The van der Waals surface area contributed by atoms with Gasteiger partial charge >= 0.3 is 0 Å². The average molecular weight is 366 g/mol. The van der Waals surface area contributed by atoms with Crippen LogP contribution in [0, 0.1) is 6.92 Å². The number of nitrogens with zero attached hydrogens (tertiary/aromatic N) is 2. The highest BCUT2D eigenvalue weighted by Crippen LogP contribution is 2.33. The van der Waals surface area contributed by atoms with E-state index >= 15 is 0 Å². The maximum atomic E-state index is 4.52. The Balaban J connectivity index is 2.42. The summed E-state index contributed by atoms with van der Waals surface area (Å²) in [7, 11) is 0. The third-order valence-corrected chi connectivity index (χ3v) is 4.01. The molecule has 0 aliphatic heterocycles. The lowest BCUT2D eigenvalue weighted by Crippen LogP contribution is -1.96. The minimum Gasteiger partial charge on any atom is -0.225 e. The molecule has 0 bridgehead atoms. The van der Waals surface area contributed by atoms with E-state index in [1.165, 1.54) is 11.1 Å². The molecule has 0 unspecified atom stereocenters. The largest absolute Gasteiger partial charge is 0.225 e. The summed E-state index contributed by atoms with van der Waals surface area (Å²) in [5, 5.41) is 4.52. The summed E-state index contributed by atoms with van der Waals surface area (Å²) in [5.74, 6) is 0. The van der Waals surface area contributed by atoms with E-state index in [-0.39, 0.29) is 0 Å². The Morgan fingerprint density at radius 3 is 2.50 bits per heavy atom. The molecule has 0 atom stereocenters. The zero-order valence-electron chi connectivity index (χ0n) is 9.69. The third kappa shape index (κ3) is 1.89. The van der Waals surface area contributed by atoms with Crippen molar-refractivity contribution in [3.8, 4) is 11.1 Å². The standard InChI is InChI=1S/C14H10Br2N2/c1-9-7-11(10-5-3-2-4-6-10)14-12(15)8-13(16)18(14)17-9/h2-8H,1H3. The lowest BCUT2D eigenvalue weighted by atomic mass is 10.1. The van der Waals surface area contributed by atoms with Gasteiger partial charge in [-0.2, -0.15) is 5.10 Å². The number of fused-ring (bicyclic) bond motifs is 1. The van der Waals surface area contributed by atoms with E-state index in [9.17, 15) is 0 Å². The zero-order valence-corrected chi connectivity index (χ0v) is 12.9. The molecule has 0 spiro atoms. The van der Waals surface area contributed by atoms with Gasteiger partial charge in [0.1, 0.15) is 4.60 Å². The number of hydrogen-bond acceptors (Lipinski definition) is 1. The molecule has 18 heavy (non-hydrogen) atoms. The topological polar surface area (TPSA) is 17.3 Å². The molecule has 2 heterocycles. The molecule has 2 nitrogen and oxygen atoms in total. The maximum Gasteiger partial charge on any atom is 0.109 e. The van der Waals surface area contributed by atoms with Crippen LogP contribution < -0.4 is 0 Å². The fourth-order valence-electron chi connectivity index (χ4n) is 2.08. The molecule has 0 aliphatic rings. The minimum absolute atomic E-state index is 0.949. The fourth-order valence-corrected chi connectivity index (χ4v) is 3.48. The van der Waals surface area contributed by atoms with Crippen LogP contribution in [0.15, 0.2) is 51.5 Å². The Morgan fingerprint density at radius 2 is 1.78 bits per heavy atom. The lowest BCUT2D eigenvalue weighted by molar-refractivity contribution is 0.888. The first-order valence-electron chi connectivity index (χ1n) is 5.56. The average Bonchev–Trinajstić information content (AvgIpc) is 2.65. The van der Waals surface area contributed by atoms with Gasteiger partial charge in [-0.1, -0.05) is 30.3 Å². The number of hydrogen-bond donors (Lipinski definition) is 0. The van der Waals surface area contributed by atoms with Crippen molar-refractivity contribution in [1.29, 1.82) is 0 Å². The first-order valence-corrected chi connectivity index (χ1v) is 7.15. The van der Waals surface area contributed by atoms with Gasteiger partial charge in [-0.15, -0.1) is 0 Å². The minimum atomic E-state index is 0.949. The number of aromatic nitrogens is 2. The van der Waals surface area contributed by atoms with Crippen LogP contribution in [0.3, 0.4) is 0 Å². The van der Waals surface area contributed by atoms with Gasteiger partial charge in [0.2, 0.25) is 0 Å². The Bertz CT molecular complexity index is 717.